The SMILES string of the molecule is O=C(c1cc(-c2ccccc2)no1)c1cnc(NC[C@H]2OC(CO)[C@@H](O)C(O)C2O)s1. The zero-order valence-electron chi connectivity index (χ0n) is 16.2. The van der Waals surface area contributed by atoms with Crippen LogP contribution in [-0.2, 0) is 4.74 Å². The van der Waals surface area contributed by atoms with E-state index >= 15 is 0 Å². The highest BCUT2D eigenvalue weighted by atomic mass is 32.1. The summed E-state index contributed by atoms with van der Waals surface area (Å²) in [6.45, 7) is -0.456. The summed E-state index contributed by atoms with van der Waals surface area (Å²) >= 11 is 1.08. The van der Waals surface area contributed by atoms with Crippen LogP contribution in [0.4, 0.5) is 5.13 Å². The fourth-order valence-electron chi connectivity index (χ4n) is 3.24. The molecule has 31 heavy (non-hydrogen) atoms. The molecule has 0 saturated carbocycles. The average Bonchev–Trinajstić information content (AvgIpc) is 3.47. The summed E-state index contributed by atoms with van der Waals surface area (Å²) in [6.07, 6.45) is -4.69. The first-order valence-electron chi connectivity index (χ1n) is 9.55. The summed E-state index contributed by atoms with van der Waals surface area (Å²) in [5, 5.41) is 46.3. The van der Waals surface area contributed by atoms with Gasteiger partial charge in [0.25, 0.3) is 0 Å². The number of ketones is 1. The number of anilines is 1. The van der Waals surface area contributed by atoms with E-state index in [-0.39, 0.29) is 18.1 Å². The standard InChI is InChI=1S/C20H21N3O7S/c24-9-14-18(27)19(28)17(26)13(29-14)7-21-20-22-8-15(31-20)16(25)12-6-11(23-30-12)10-4-2-1-3-5-10/h1-6,8,13-14,17-19,24,26-28H,7,9H2,(H,21,22)/t13-,14?,17?,18-,19?/m1/s1. The Balaban J connectivity index is 1.39. The minimum Gasteiger partial charge on any atom is -0.394 e. The predicted molar refractivity (Wildman–Crippen MR) is 110 cm³/mol. The molecule has 0 bridgehead atoms. The number of thiazole rings is 1. The van der Waals surface area contributed by atoms with Gasteiger partial charge < -0.3 is 35.0 Å². The van der Waals surface area contributed by atoms with Gasteiger partial charge in [0, 0.05) is 18.2 Å². The van der Waals surface area contributed by atoms with Gasteiger partial charge >= 0.3 is 0 Å². The lowest BCUT2D eigenvalue weighted by Gasteiger charge is -2.40. The first kappa shape index (κ1) is 21.6. The Labute approximate surface area is 180 Å². The van der Waals surface area contributed by atoms with Crippen LogP contribution in [0.3, 0.4) is 0 Å². The van der Waals surface area contributed by atoms with E-state index in [1.54, 1.807) is 6.07 Å². The summed E-state index contributed by atoms with van der Waals surface area (Å²) in [5.41, 5.74) is 1.38. The summed E-state index contributed by atoms with van der Waals surface area (Å²) in [7, 11) is 0. The van der Waals surface area contributed by atoms with E-state index in [1.165, 1.54) is 6.20 Å². The molecule has 5 atom stereocenters. The fourth-order valence-corrected chi connectivity index (χ4v) is 4.01. The van der Waals surface area contributed by atoms with E-state index in [1.807, 2.05) is 30.3 Å². The van der Waals surface area contributed by atoms with Gasteiger partial charge in [0.2, 0.25) is 11.5 Å². The molecule has 4 rings (SSSR count). The second-order valence-corrected chi connectivity index (χ2v) is 8.08. The normalized spacial score (nSPS) is 26.0. The van der Waals surface area contributed by atoms with Gasteiger partial charge in [0.05, 0.1) is 12.8 Å². The summed E-state index contributed by atoms with van der Waals surface area (Å²) < 4.78 is 10.6. The lowest BCUT2D eigenvalue weighted by atomic mass is 9.95. The van der Waals surface area contributed by atoms with E-state index in [0.29, 0.717) is 15.7 Å². The number of aliphatic hydroxyl groups excluding tert-OH is 4. The van der Waals surface area contributed by atoms with Crippen LogP contribution in [0, 0.1) is 0 Å². The highest BCUT2D eigenvalue weighted by Crippen LogP contribution is 2.26. The van der Waals surface area contributed by atoms with E-state index in [2.05, 4.69) is 15.5 Å². The molecule has 1 fully saturated rings. The van der Waals surface area contributed by atoms with Crippen molar-refractivity contribution in [3.63, 3.8) is 0 Å². The number of hydrogen-bond donors (Lipinski definition) is 5. The molecule has 10 nitrogen and oxygen atoms in total. The van der Waals surface area contributed by atoms with Crippen LogP contribution in [0.15, 0.2) is 47.1 Å². The number of ether oxygens (including phenoxy) is 1. The number of aliphatic hydroxyl groups is 4. The molecular formula is C20H21N3O7S. The number of aromatic nitrogens is 2. The van der Waals surface area contributed by atoms with Gasteiger partial charge in [-0.05, 0) is 0 Å². The highest BCUT2D eigenvalue weighted by molar-refractivity contribution is 7.17. The van der Waals surface area contributed by atoms with Gasteiger partial charge in [0.15, 0.2) is 5.13 Å². The monoisotopic (exact) mass is 447 g/mol. The molecule has 3 unspecified atom stereocenters. The first-order chi connectivity index (χ1) is 15.0. The molecule has 0 spiro atoms. The number of nitrogens with zero attached hydrogens (tertiary/aromatic N) is 2. The van der Waals surface area contributed by atoms with E-state index in [9.17, 15) is 25.2 Å². The first-order valence-corrected chi connectivity index (χ1v) is 10.4. The maximum atomic E-state index is 12.7. The van der Waals surface area contributed by atoms with E-state index in [0.717, 1.165) is 16.9 Å². The van der Waals surface area contributed by atoms with Crippen LogP contribution in [0.25, 0.3) is 11.3 Å². The van der Waals surface area contributed by atoms with Crippen molar-refractivity contribution in [3.8, 4) is 11.3 Å². The van der Waals surface area contributed by atoms with E-state index in [4.69, 9.17) is 9.26 Å². The molecule has 11 heteroatoms. The number of carbonyl (C=O) groups is 1. The Morgan fingerprint density at radius 2 is 1.84 bits per heavy atom. The van der Waals surface area contributed by atoms with Crippen LogP contribution in [-0.4, -0.2) is 80.0 Å². The van der Waals surface area contributed by atoms with Gasteiger partial charge in [-0.15, -0.1) is 0 Å². The maximum absolute atomic E-state index is 12.7. The second-order valence-electron chi connectivity index (χ2n) is 7.05. The summed E-state index contributed by atoms with van der Waals surface area (Å²) in [5.74, 6) is -0.281. The Bertz CT molecular complexity index is 1020. The third-order valence-corrected chi connectivity index (χ3v) is 5.93. The topological polar surface area (TPSA) is 158 Å². The van der Waals surface area contributed by atoms with Gasteiger partial charge in [-0.25, -0.2) is 4.98 Å². The van der Waals surface area contributed by atoms with Gasteiger partial charge in [-0.1, -0.05) is 46.8 Å². The molecule has 0 amide bonds. The molecule has 5 N–H and O–H groups in total. The van der Waals surface area contributed by atoms with Crippen molar-refractivity contribution < 1.29 is 34.5 Å². The van der Waals surface area contributed by atoms with Crippen LogP contribution in [0.1, 0.15) is 15.4 Å². The molecule has 1 aromatic carbocycles. The molecular weight excluding hydrogens is 426 g/mol. The lowest BCUT2D eigenvalue weighted by Crippen LogP contribution is -2.60. The molecule has 0 aliphatic carbocycles. The smallest absolute Gasteiger partial charge is 0.242 e. The third-order valence-electron chi connectivity index (χ3n) is 4.98. The number of benzene rings is 1. The van der Waals surface area contributed by atoms with E-state index < -0.39 is 37.1 Å². The molecule has 3 heterocycles. The van der Waals surface area contributed by atoms with Crippen molar-refractivity contribution in [2.45, 2.75) is 30.5 Å². The Hall–Kier alpha value is -2.67. The minimum absolute atomic E-state index is 0.0447. The lowest BCUT2D eigenvalue weighted by molar-refractivity contribution is -0.225. The zero-order valence-corrected chi connectivity index (χ0v) is 17.0. The van der Waals surface area contributed by atoms with Gasteiger partial charge in [0.1, 0.15) is 41.1 Å². The molecule has 1 saturated heterocycles. The largest absolute Gasteiger partial charge is 0.394 e. The third kappa shape index (κ3) is 4.51. The summed E-state index contributed by atoms with van der Waals surface area (Å²) in [4.78, 5) is 17.1. The quantitative estimate of drug-likeness (QED) is 0.319. The number of hydrogen-bond acceptors (Lipinski definition) is 11. The van der Waals surface area contributed by atoms with Crippen LogP contribution >= 0.6 is 11.3 Å². The average molecular weight is 447 g/mol. The van der Waals surface area contributed by atoms with Crippen LogP contribution in [0.2, 0.25) is 0 Å². The highest BCUT2D eigenvalue weighted by Gasteiger charge is 2.43. The number of rotatable bonds is 7. The number of carbonyl (C=O) groups excluding carboxylic acids is 1. The van der Waals surface area contributed by atoms with Crippen molar-refractivity contribution in [1.82, 2.24) is 10.1 Å². The van der Waals surface area contributed by atoms with Gasteiger partial charge in [-0.2, -0.15) is 0 Å². The zero-order chi connectivity index (χ0) is 22.0. The molecule has 0 radical (unpaired) electrons. The summed E-state index contributed by atoms with van der Waals surface area (Å²) in [6, 6.07) is 10.9. The maximum Gasteiger partial charge on any atom is 0.242 e. The van der Waals surface area contributed by atoms with Gasteiger partial charge in [-0.3, -0.25) is 4.79 Å². The Kier molecular flexibility index (Phi) is 6.41. The Morgan fingerprint density at radius 1 is 1.10 bits per heavy atom. The van der Waals surface area contributed by atoms with Crippen LogP contribution in [0.5, 0.6) is 0 Å². The second kappa shape index (κ2) is 9.22. The van der Waals surface area contributed by atoms with Crippen molar-refractivity contribution >= 4 is 22.3 Å². The molecule has 3 aromatic rings. The fraction of sp³-hybridized carbons (Fsp3) is 0.350. The molecule has 164 valence electrons. The Morgan fingerprint density at radius 3 is 2.58 bits per heavy atom. The minimum atomic E-state index is -1.45. The number of nitrogens with one attached hydrogen (secondary N) is 1. The van der Waals surface area contributed by atoms with Crippen molar-refractivity contribution in [1.29, 1.82) is 0 Å². The van der Waals surface area contributed by atoms with Crippen molar-refractivity contribution in [3.05, 3.63) is 53.2 Å². The van der Waals surface area contributed by atoms with Crippen molar-refractivity contribution in [2.75, 3.05) is 18.5 Å². The predicted octanol–water partition coefficient (Wildman–Crippen LogP) is 0.283. The van der Waals surface area contributed by atoms with Crippen LogP contribution < -0.4 is 5.32 Å². The molecule has 1 aliphatic rings. The molecule has 1 aliphatic heterocycles. The molecule has 2 aromatic heterocycles. The van der Waals surface area contributed by atoms with Crippen molar-refractivity contribution in [2.24, 2.45) is 0 Å².